The van der Waals surface area contributed by atoms with Gasteiger partial charge in [-0.25, -0.2) is 24.6 Å². The second-order valence-corrected chi connectivity index (χ2v) is 19.7. The van der Waals surface area contributed by atoms with Crippen LogP contribution in [0.4, 0.5) is 19.0 Å². The number of benzene rings is 3. The summed E-state index contributed by atoms with van der Waals surface area (Å²) < 4.78 is 87.6. The van der Waals surface area contributed by atoms with Gasteiger partial charge >= 0.3 is 5.51 Å². The maximum absolute atomic E-state index is 15.2. The zero-order valence-corrected chi connectivity index (χ0v) is 42.3. The van der Waals surface area contributed by atoms with E-state index in [-0.39, 0.29) is 54.9 Å². The van der Waals surface area contributed by atoms with E-state index in [4.69, 9.17) is 33.0 Å². The molecule has 0 bridgehead atoms. The fourth-order valence-electron chi connectivity index (χ4n) is 8.36. The molecule has 3 aromatic carbocycles. The van der Waals surface area contributed by atoms with Crippen molar-refractivity contribution in [2.24, 2.45) is 4.99 Å². The van der Waals surface area contributed by atoms with Crippen LogP contribution in [0.2, 0.25) is 0 Å². The molecule has 0 N–H and O–H groups in total. The lowest BCUT2D eigenvalue weighted by molar-refractivity contribution is -0.0912. The zero-order valence-electron chi connectivity index (χ0n) is 40.6. The molecule has 14 nitrogen and oxygen atoms in total. The molecule has 1 aliphatic rings. The van der Waals surface area contributed by atoms with Gasteiger partial charge in [-0.1, -0.05) is 81.3 Å². The summed E-state index contributed by atoms with van der Waals surface area (Å²) in [5.74, 6) is 1.52. The lowest BCUT2D eigenvalue weighted by atomic mass is 9.80. The first kappa shape index (κ1) is 53.5. The number of aliphatic imine (C=N–C) groups is 1. The molecule has 1 unspecified atom stereocenters. The lowest BCUT2D eigenvalue weighted by Gasteiger charge is -2.39. The molecule has 0 amide bonds. The Labute approximate surface area is 409 Å². The van der Waals surface area contributed by atoms with Crippen molar-refractivity contribution in [2.75, 3.05) is 40.5 Å². The molecule has 0 aliphatic carbocycles. The Kier molecular flexibility index (Phi) is 19.6. The van der Waals surface area contributed by atoms with Crippen LogP contribution in [0.1, 0.15) is 96.6 Å². The van der Waals surface area contributed by atoms with Gasteiger partial charge in [-0.3, -0.25) is 4.57 Å². The Bertz CT molecular complexity index is 2350. The minimum Gasteiger partial charge on any atom is -0.497 e. The van der Waals surface area contributed by atoms with Gasteiger partial charge in [0.1, 0.15) is 35.6 Å². The van der Waals surface area contributed by atoms with Gasteiger partial charge in [0.15, 0.2) is 23.2 Å². The predicted octanol–water partition coefficient (Wildman–Crippen LogP) is 11.6. The van der Waals surface area contributed by atoms with E-state index in [9.17, 15) is 5.26 Å². The monoisotopic (exact) mass is 992 g/mol. The third-order valence-corrected chi connectivity index (χ3v) is 14.8. The van der Waals surface area contributed by atoms with Gasteiger partial charge in [-0.2, -0.15) is 18.4 Å². The number of methoxy groups -OCH3 is 2. The highest BCUT2D eigenvalue weighted by Crippen LogP contribution is 2.55. The number of thioether (sulfide) groups is 1. The molecule has 5 aromatic rings. The lowest BCUT2D eigenvalue weighted by Crippen LogP contribution is -2.42. The van der Waals surface area contributed by atoms with E-state index in [2.05, 4.69) is 39.8 Å². The van der Waals surface area contributed by atoms with Gasteiger partial charge in [-0.05, 0) is 93.3 Å². The number of nitriles is 1. The first-order chi connectivity index (χ1) is 33.3. The standard InChI is InChI=1S/C50H64F3N8O6PS/c1-9-11-28-59(29-12-10-2)33-58-46-43-47(56-32-55-46)60(34-57-43)48-45(69-50(51,52)53)44(67-68(65-30-16-27-54)61(35(3)4)36(5)6)42(66-48)31-64-49(37-17-14-13-15-18-37,38-19-23-40(62-7)24-20-38)39-21-25-41(63-8)26-22-39/h13-15,17-26,32-36,42,44-45,48H,9-12,16,28-31H2,1-8H3/b58-33+/t42-,44-,45-,48-,68?/m1/s1. The molecule has 1 fully saturated rings. The van der Waals surface area contributed by atoms with E-state index in [1.807, 2.05) is 111 Å². The zero-order chi connectivity index (χ0) is 49.6. The van der Waals surface area contributed by atoms with Crippen molar-refractivity contribution >= 4 is 43.6 Å². The summed E-state index contributed by atoms with van der Waals surface area (Å²) in [4.78, 5) is 20.5. The second-order valence-electron chi connectivity index (χ2n) is 17.0. The van der Waals surface area contributed by atoms with Crippen molar-refractivity contribution in [3.05, 3.63) is 108 Å². The third kappa shape index (κ3) is 13.3. The summed E-state index contributed by atoms with van der Waals surface area (Å²) in [6, 6.07) is 26.3. The number of rotatable bonds is 26. The number of alkyl halides is 3. The van der Waals surface area contributed by atoms with Gasteiger partial charge in [0.25, 0.3) is 8.53 Å². The van der Waals surface area contributed by atoms with Crippen LogP contribution < -0.4 is 9.47 Å². The number of aromatic nitrogens is 4. The average Bonchev–Trinajstić information content (AvgIpc) is 3.92. The van der Waals surface area contributed by atoms with Crippen molar-refractivity contribution in [2.45, 2.75) is 121 Å². The molecule has 3 heterocycles. The van der Waals surface area contributed by atoms with E-state index in [0.29, 0.717) is 28.1 Å². The van der Waals surface area contributed by atoms with Crippen molar-refractivity contribution in [3.63, 3.8) is 0 Å². The molecule has 19 heteroatoms. The maximum atomic E-state index is 15.2. The molecule has 0 saturated carbocycles. The number of nitrogens with zero attached hydrogens (tertiary/aromatic N) is 8. The van der Waals surface area contributed by atoms with Crippen molar-refractivity contribution < 1.29 is 41.2 Å². The third-order valence-electron chi connectivity index (χ3n) is 11.6. The first-order valence-electron chi connectivity index (χ1n) is 23.4. The Morgan fingerprint density at radius 2 is 1.46 bits per heavy atom. The van der Waals surface area contributed by atoms with Gasteiger partial charge in [0.2, 0.25) is 0 Å². The Hall–Kier alpha value is -4.86. The highest BCUT2D eigenvalue weighted by molar-refractivity contribution is 8.00. The number of halogens is 3. The molecule has 1 aliphatic heterocycles. The van der Waals surface area contributed by atoms with E-state index in [1.54, 1.807) is 20.6 Å². The van der Waals surface area contributed by atoms with Crippen LogP contribution in [0.3, 0.4) is 0 Å². The van der Waals surface area contributed by atoms with Crippen molar-refractivity contribution in [1.29, 1.82) is 5.26 Å². The SMILES string of the molecule is CCCCN(/C=N/c1ncnc2c1ncn2[C@@H]1O[C@H](COC(c2ccccc2)(c2ccc(OC)cc2)c2ccc(OC)cc2)[C@@H](OP(OCCC#N)N(C(C)C)C(C)C)[C@H]1SC(F)(F)F)CCCC. The van der Waals surface area contributed by atoms with E-state index in [1.165, 1.54) is 17.2 Å². The van der Waals surface area contributed by atoms with Crippen molar-refractivity contribution in [1.82, 2.24) is 29.1 Å². The van der Waals surface area contributed by atoms with Gasteiger partial charge in [-0.15, -0.1) is 0 Å². The number of imidazole rings is 1. The summed E-state index contributed by atoms with van der Waals surface area (Å²) >= 11 is -0.224. The normalized spacial score (nSPS) is 18.2. The number of hydrogen-bond acceptors (Lipinski definition) is 13. The average molecular weight is 993 g/mol. The minimum atomic E-state index is -4.74. The van der Waals surface area contributed by atoms with Crippen LogP contribution in [-0.2, 0) is 24.1 Å². The van der Waals surface area contributed by atoms with Crippen LogP contribution in [0, 0.1) is 11.3 Å². The van der Waals surface area contributed by atoms with Gasteiger partial charge in [0.05, 0.1) is 57.8 Å². The van der Waals surface area contributed by atoms with E-state index >= 15 is 13.2 Å². The largest absolute Gasteiger partial charge is 0.497 e. The predicted molar refractivity (Wildman–Crippen MR) is 265 cm³/mol. The highest BCUT2D eigenvalue weighted by Gasteiger charge is 2.54. The Balaban J connectivity index is 1.51. The van der Waals surface area contributed by atoms with Crippen LogP contribution in [0.5, 0.6) is 11.5 Å². The fourth-order valence-corrected chi connectivity index (χ4v) is 11.2. The summed E-state index contributed by atoms with van der Waals surface area (Å²) in [7, 11) is 1.09. The summed E-state index contributed by atoms with van der Waals surface area (Å²) in [6.07, 6.45) is 4.76. The Morgan fingerprint density at radius 1 is 0.870 bits per heavy atom. The Morgan fingerprint density at radius 3 is 2.00 bits per heavy atom. The number of fused-ring (bicyclic) bond motifs is 1. The molecule has 69 heavy (non-hydrogen) atoms. The van der Waals surface area contributed by atoms with Crippen LogP contribution in [-0.4, -0.2) is 111 Å². The molecule has 2 aromatic heterocycles. The molecule has 5 atom stereocenters. The number of unbranched alkanes of at least 4 members (excludes halogenated alkanes) is 2. The topological polar surface area (TPSA) is 142 Å². The van der Waals surface area contributed by atoms with E-state index in [0.717, 1.165) is 44.3 Å². The summed E-state index contributed by atoms with van der Waals surface area (Å²) in [6.45, 7) is 13.5. The number of ether oxygens (including phenoxy) is 4. The fraction of sp³-hybridized carbons (Fsp3) is 0.500. The van der Waals surface area contributed by atoms with Gasteiger partial charge in [0, 0.05) is 25.2 Å². The maximum Gasteiger partial charge on any atom is 0.442 e. The number of hydrogen-bond donors (Lipinski definition) is 0. The first-order valence-corrected chi connectivity index (χ1v) is 25.4. The molecule has 6 rings (SSSR count). The minimum absolute atomic E-state index is 0.000143. The molecule has 0 radical (unpaired) electrons. The van der Waals surface area contributed by atoms with E-state index < -0.39 is 43.3 Å². The quantitative estimate of drug-likeness (QED) is 0.0171. The van der Waals surface area contributed by atoms with Gasteiger partial charge < -0.3 is 32.9 Å². The van der Waals surface area contributed by atoms with Crippen LogP contribution in [0.25, 0.3) is 11.2 Å². The summed E-state index contributed by atoms with van der Waals surface area (Å²) in [5.41, 5.74) is -3.38. The van der Waals surface area contributed by atoms with Crippen LogP contribution >= 0.6 is 20.3 Å². The molecule has 1 saturated heterocycles. The molecular weight excluding hydrogens is 929 g/mol. The van der Waals surface area contributed by atoms with Crippen molar-refractivity contribution in [3.8, 4) is 17.6 Å². The van der Waals surface area contributed by atoms with Crippen LogP contribution in [0.15, 0.2) is 96.5 Å². The second kappa shape index (κ2) is 25.3. The molecule has 0 spiro atoms. The molecule has 372 valence electrons. The summed E-state index contributed by atoms with van der Waals surface area (Å²) in [5, 5.41) is 8.06. The molecular formula is C50H64F3N8O6PS. The highest BCUT2D eigenvalue weighted by atomic mass is 32.2. The smallest absolute Gasteiger partial charge is 0.442 e.